The SMILES string of the molecule is BNCCCC[C@H](NC(C)=O)C(=O)NC(C(=O)N[C@@H](CCCNC(N)=O)C(=O)NCCOCCOCCOCCOCCOCCOCCOCCNC(=O)CC(C)CC)C(C)C. The Bertz CT molecular complexity index is 1230. The molecule has 0 radical (unpaired) electrons. The van der Waals surface area contributed by atoms with E-state index in [1.807, 2.05) is 7.98 Å². The van der Waals surface area contributed by atoms with Crippen LogP contribution in [-0.2, 0) is 57.1 Å². The zero-order valence-electron chi connectivity index (χ0n) is 38.9. The monoisotopic (exact) mass is 905 g/mol. The second-order valence-electron chi connectivity index (χ2n) is 15.2. The van der Waals surface area contributed by atoms with Gasteiger partial charge in [0.25, 0.3) is 0 Å². The molecule has 0 rings (SSSR count). The Labute approximate surface area is 375 Å². The lowest BCUT2D eigenvalue weighted by molar-refractivity contribution is -0.134. The average molecular weight is 905 g/mol. The number of primary amides is 1. The number of ether oxygens (including phenoxy) is 7. The number of nitrogens with two attached hydrogens (primary N) is 1. The molecule has 0 aliphatic rings. The van der Waals surface area contributed by atoms with Crippen molar-refractivity contribution in [2.75, 3.05) is 119 Å². The molecule has 0 saturated carbocycles. The van der Waals surface area contributed by atoms with Crippen LogP contribution in [0.15, 0.2) is 0 Å². The van der Waals surface area contributed by atoms with Gasteiger partial charge in [0.1, 0.15) is 18.1 Å². The highest BCUT2D eigenvalue weighted by Crippen LogP contribution is 2.08. The van der Waals surface area contributed by atoms with Gasteiger partial charge in [0.2, 0.25) is 29.5 Å². The number of urea groups is 1. The maximum atomic E-state index is 13.5. The summed E-state index contributed by atoms with van der Waals surface area (Å²) >= 11 is 0. The Morgan fingerprint density at radius 3 is 1.43 bits per heavy atom. The predicted octanol–water partition coefficient (Wildman–Crippen LogP) is -1.34. The second kappa shape index (κ2) is 41.1. The van der Waals surface area contributed by atoms with Crippen LogP contribution in [0.3, 0.4) is 0 Å². The van der Waals surface area contributed by atoms with Crippen molar-refractivity contribution < 1.29 is 61.9 Å². The van der Waals surface area contributed by atoms with Gasteiger partial charge in [0, 0.05) is 33.0 Å². The van der Waals surface area contributed by atoms with Gasteiger partial charge in [-0.05, 0) is 50.5 Å². The summed E-state index contributed by atoms with van der Waals surface area (Å²) in [5.41, 5.74) is 5.16. The molecular formula is C41H81BN8O13. The van der Waals surface area contributed by atoms with Crippen molar-refractivity contribution in [1.82, 2.24) is 37.1 Å². The maximum absolute atomic E-state index is 13.5. The van der Waals surface area contributed by atoms with Crippen LogP contribution >= 0.6 is 0 Å². The Balaban J connectivity index is 4.22. The molecule has 2 unspecified atom stereocenters. The van der Waals surface area contributed by atoms with Gasteiger partial charge in [-0.25, -0.2) is 4.79 Å². The lowest BCUT2D eigenvalue weighted by Gasteiger charge is -2.27. The molecule has 21 nitrogen and oxygen atoms in total. The quantitative estimate of drug-likeness (QED) is 0.0260. The molecule has 366 valence electrons. The van der Waals surface area contributed by atoms with Crippen LogP contribution in [0.2, 0.25) is 0 Å². The third-order valence-corrected chi connectivity index (χ3v) is 9.29. The van der Waals surface area contributed by atoms with Gasteiger partial charge in [0.05, 0.1) is 92.5 Å². The summed E-state index contributed by atoms with van der Waals surface area (Å²) in [4.78, 5) is 74.5. The minimum Gasteiger partial charge on any atom is -0.377 e. The van der Waals surface area contributed by atoms with Crippen LogP contribution in [0, 0.1) is 11.8 Å². The maximum Gasteiger partial charge on any atom is 0.312 e. The highest BCUT2D eigenvalue weighted by atomic mass is 16.6. The van der Waals surface area contributed by atoms with E-state index in [9.17, 15) is 28.8 Å². The Morgan fingerprint density at radius 1 is 0.524 bits per heavy atom. The van der Waals surface area contributed by atoms with Gasteiger partial charge in [-0.15, -0.1) is 0 Å². The van der Waals surface area contributed by atoms with Crippen molar-refractivity contribution in [3.63, 3.8) is 0 Å². The number of carbonyl (C=O) groups is 6. The van der Waals surface area contributed by atoms with Crippen LogP contribution < -0.4 is 42.9 Å². The summed E-state index contributed by atoms with van der Waals surface area (Å²) < 4.78 is 38.5. The first-order chi connectivity index (χ1) is 30.3. The first-order valence-electron chi connectivity index (χ1n) is 22.5. The minimum absolute atomic E-state index is 0.0544. The number of amides is 7. The molecule has 63 heavy (non-hydrogen) atoms. The predicted molar refractivity (Wildman–Crippen MR) is 239 cm³/mol. The van der Waals surface area contributed by atoms with Gasteiger partial charge in [0.15, 0.2) is 7.98 Å². The number of hydrogen-bond donors (Lipinski definition) is 8. The van der Waals surface area contributed by atoms with E-state index in [-0.39, 0.29) is 43.8 Å². The second-order valence-corrected chi connectivity index (χ2v) is 15.2. The molecule has 4 atom stereocenters. The molecule has 9 N–H and O–H groups in total. The molecule has 0 saturated heterocycles. The van der Waals surface area contributed by atoms with Crippen LogP contribution in [0.4, 0.5) is 4.79 Å². The van der Waals surface area contributed by atoms with Crippen molar-refractivity contribution in [2.45, 2.75) is 97.7 Å². The van der Waals surface area contributed by atoms with Crippen molar-refractivity contribution >= 4 is 43.5 Å². The first-order valence-corrected chi connectivity index (χ1v) is 22.5. The van der Waals surface area contributed by atoms with Crippen molar-refractivity contribution in [3.8, 4) is 0 Å². The lowest BCUT2D eigenvalue weighted by atomic mass is 10.0. The molecule has 0 aliphatic heterocycles. The third kappa shape index (κ3) is 36.4. The highest BCUT2D eigenvalue weighted by molar-refractivity contribution is 6.04. The van der Waals surface area contributed by atoms with Gasteiger partial charge >= 0.3 is 6.03 Å². The van der Waals surface area contributed by atoms with E-state index in [4.69, 9.17) is 38.9 Å². The van der Waals surface area contributed by atoms with Gasteiger partial charge in [-0.3, -0.25) is 24.0 Å². The first kappa shape index (κ1) is 59.4. The van der Waals surface area contributed by atoms with E-state index in [2.05, 4.69) is 51.0 Å². The molecule has 0 bridgehead atoms. The molecule has 0 heterocycles. The van der Waals surface area contributed by atoms with Crippen molar-refractivity contribution in [2.24, 2.45) is 17.6 Å². The number of hydrogen-bond acceptors (Lipinski definition) is 14. The molecule has 0 spiro atoms. The Kier molecular flexibility index (Phi) is 38.7. The highest BCUT2D eigenvalue weighted by Gasteiger charge is 2.31. The summed E-state index contributed by atoms with van der Waals surface area (Å²) in [6.45, 7) is 16.2. The van der Waals surface area contributed by atoms with Crippen LogP contribution in [0.5, 0.6) is 0 Å². The molecule has 0 aromatic heterocycles. The molecule has 7 amide bonds. The third-order valence-electron chi connectivity index (χ3n) is 9.29. The molecule has 0 aromatic rings. The molecule has 0 fully saturated rings. The van der Waals surface area contributed by atoms with Crippen molar-refractivity contribution in [3.05, 3.63) is 0 Å². The zero-order valence-corrected chi connectivity index (χ0v) is 38.9. The van der Waals surface area contributed by atoms with Crippen LogP contribution in [0.1, 0.15) is 79.6 Å². The zero-order chi connectivity index (χ0) is 46.9. The summed E-state index contributed by atoms with van der Waals surface area (Å²) in [5.74, 6) is -1.76. The minimum atomic E-state index is -0.980. The van der Waals surface area contributed by atoms with Crippen LogP contribution in [0.25, 0.3) is 0 Å². The Hall–Kier alpha value is -3.64. The van der Waals surface area contributed by atoms with E-state index in [1.54, 1.807) is 13.8 Å². The van der Waals surface area contributed by atoms with E-state index >= 15 is 0 Å². The molecule has 22 heteroatoms. The normalized spacial score (nSPS) is 13.1. The van der Waals surface area contributed by atoms with Gasteiger partial charge < -0.3 is 76.0 Å². The van der Waals surface area contributed by atoms with Gasteiger partial charge in [-0.1, -0.05) is 34.1 Å². The number of carbonyl (C=O) groups excluding carboxylic acids is 6. The lowest BCUT2D eigenvalue weighted by Crippen LogP contribution is -2.58. The largest absolute Gasteiger partial charge is 0.377 e. The molecular weight excluding hydrogens is 823 g/mol. The summed E-state index contributed by atoms with van der Waals surface area (Å²) in [6.07, 6.45) is 3.94. The molecule has 0 aromatic carbocycles. The van der Waals surface area contributed by atoms with E-state index < -0.39 is 41.9 Å². The number of unbranched alkanes of at least 4 members (excludes halogenated alkanes) is 1. The fourth-order valence-electron chi connectivity index (χ4n) is 5.59. The number of rotatable bonds is 43. The molecule has 0 aliphatic carbocycles. The van der Waals surface area contributed by atoms with Crippen molar-refractivity contribution in [1.29, 1.82) is 0 Å². The van der Waals surface area contributed by atoms with E-state index in [0.29, 0.717) is 124 Å². The summed E-state index contributed by atoms with van der Waals surface area (Å²) in [6, 6.07) is -3.47. The average Bonchev–Trinajstić information content (AvgIpc) is 3.24. The Morgan fingerprint density at radius 2 is 0.984 bits per heavy atom. The smallest absolute Gasteiger partial charge is 0.312 e. The fourth-order valence-corrected chi connectivity index (χ4v) is 5.59. The summed E-state index contributed by atoms with van der Waals surface area (Å²) in [7, 11) is 1.83. The summed E-state index contributed by atoms with van der Waals surface area (Å²) in [5, 5.41) is 19.3. The van der Waals surface area contributed by atoms with E-state index in [0.717, 1.165) is 19.4 Å². The van der Waals surface area contributed by atoms with Gasteiger partial charge in [-0.2, -0.15) is 0 Å². The topological polar surface area (TPSA) is 277 Å². The van der Waals surface area contributed by atoms with Crippen LogP contribution in [-0.4, -0.2) is 180 Å². The standard InChI is InChI=1S/C41H81BN8O13/c1-6-32(4)30-36(52)44-14-16-57-18-20-59-22-24-61-26-28-63-29-27-62-25-23-60-21-19-58-17-15-45-38(53)34(11-9-12-46-41(43)56)49-40(55)37(31(2)3)50-39(54)35(48-33(5)51)10-7-8-13-47-42/h31-32,34-35,37,47H,6-30,42H2,1-5H3,(H,44,52)(H,45,53)(H,48,51)(H,49,55)(H,50,54)(H3,43,46,56)/t32?,34-,35-,37?/m0/s1. The number of nitrogens with one attached hydrogen (secondary N) is 7. The van der Waals surface area contributed by atoms with E-state index in [1.165, 1.54) is 6.92 Å². The fraction of sp³-hybridized carbons (Fsp3) is 0.854.